The molecule has 0 saturated carbocycles. The summed E-state index contributed by atoms with van der Waals surface area (Å²) >= 11 is 0. The number of carbonyl (C=O) groups excluding carboxylic acids is 2. The first kappa shape index (κ1) is 16.7. The van der Waals surface area contributed by atoms with E-state index in [0.717, 1.165) is 28.1 Å². The summed E-state index contributed by atoms with van der Waals surface area (Å²) < 4.78 is 0. The van der Waals surface area contributed by atoms with Gasteiger partial charge in [-0.05, 0) is 43.5 Å². The second kappa shape index (κ2) is 7.09. The van der Waals surface area contributed by atoms with Gasteiger partial charge >= 0.3 is 0 Å². The lowest BCUT2D eigenvalue weighted by Gasteiger charge is -2.24. The van der Waals surface area contributed by atoms with Gasteiger partial charge in [0.1, 0.15) is 6.54 Å². The Morgan fingerprint density at radius 3 is 2.04 bits per heavy atom. The molecule has 0 aliphatic heterocycles. The molecule has 2 aromatic rings. The summed E-state index contributed by atoms with van der Waals surface area (Å²) in [4.78, 5) is 25.9. The van der Waals surface area contributed by atoms with Crippen molar-refractivity contribution < 1.29 is 9.59 Å². The molecule has 0 heterocycles. The highest BCUT2D eigenvalue weighted by Gasteiger charge is 2.19. The fourth-order valence-electron chi connectivity index (χ4n) is 2.63. The molecule has 0 aromatic heterocycles. The molecule has 4 nitrogen and oxygen atoms in total. The summed E-state index contributed by atoms with van der Waals surface area (Å²) in [6.45, 7) is 7.29. The predicted molar refractivity (Wildman–Crippen MR) is 93.8 cm³/mol. The number of para-hydroxylation sites is 2. The van der Waals surface area contributed by atoms with E-state index >= 15 is 0 Å². The molecule has 23 heavy (non-hydrogen) atoms. The fourth-order valence-corrected chi connectivity index (χ4v) is 2.63. The number of aryl methyl sites for hydroxylation is 3. The largest absolute Gasteiger partial charge is 0.324 e. The lowest BCUT2D eigenvalue weighted by Crippen LogP contribution is -2.37. The Balaban J connectivity index is 2.22. The first-order valence-electron chi connectivity index (χ1n) is 7.60. The molecular weight excluding hydrogens is 288 g/mol. The van der Waals surface area contributed by atoms with E-state index in [4.69, 9.17) is 0 Å². The predicted octanol–water partition coefficient (Wildman–Crippen LogP) is 3.60. The molecule has 2 aromatic carbocycles. The number of nitrogens with zero attached hydrogens (tertiary/aromatic N) is 1. The highest BCUT2D eigenvalue weighted by molar-refractivity contribution is 6.02. The van der Waals surface area contributed by atoms with E-state index in [1.807, 2.05) is 63.2 Å². The maximum Gasteiger partial charge on any atom is 0.244 e. The van der Waals surface area contributed by atoms with E-state index < -0.39 is 0 Å². The topological polar surface area (TPSA) is 49.4 Å². The zero-order valence-electron chi connectivity index (χ0n) is 14.0. The van der Waals surface area contributed by atoms with E-state index in [9.17, 15) is 9.59 Å². The monoisotopic (exact) mass is 310 g/mol. The van der Waals surface area contributed by atoms with Gasteiger partial charge in [-0.3, -0.25) is 9.59 Å². The maximum atomic E-state index is 12.4. The standard InChI is InChI=1S/C19H22N2O2/c1-13-8-5-6-11-17(13)20-18(23)12-21(16(4)22)19-14(2)9-7-10-15(19)3/h5-11H,12H2,1-4H3,(H,20,23). The minimum absolute atomic E-state index is 0.00460. The van der Waals surface area contributed by atoms with Crippen molar-refractivity contribution >= 4 is 23.2 Å². The van der Waals surface area contributed by atoms with E-state index in [1.165, 1.54) is 11.8 Å². The Kier molecular flexibility index (Phi) is 5.16. The molecule has 0 bridgehead atoms. The molecule has 120 valence electrons. The second-order valence-electron chi connectivity index (χ2n) is 5.71. The van der Waals surface area contributed by atoms with Crippen LogP contribution in [0.5, 0.6) is 0 Å². The summed E-state index contributed by atoms with van der Waals surface area (Å²) in [6, 6.07) is 13.4. The SMILES string of the molecule is CC(=O)N(CC(=O)Nc1ccccc1C)c1c(C)cccc1C. The molecule has 0 unspecified atom stereocenters. The van der Waals surface area contributed by atoms with Crippen LogP contribution in [0, 0.1) is 20.8 Å². The second-order valence-corrected chi connectivity index (χ2v) is 5.71. The van der Waals surface area contributed by atoms with Crippen LogP contribution in [0.2, 0.25) is 0 Å². The highest BCUT2D eigenvalue weighted by Crippen LogP contribution is 2.25. The number of benzene rings is 2. The molecule has 0 atom stereocenters. The Hall–Kier alpha value is -2.62. The number of hydrogen-bond donors (Lipinski definition) is 1. The highest BCUT2D eigenvalue weighted by atomic mass is 16.2. The fraction of sp³-hybridized carbons (Fsp3) is 0.263. The molecule has 0 spiro atoms. The zero-order valence-corrected chi connectivity index (χ0v) is 14.0. The Bertz CT molecular complexity index is 718. The van der Waals surface area contributed by atoms with E-state index in [0.29, 0.717) is 0 Å². The molecule has 1 N–H and O–H groups in total. The van der Waals surface area contributed by atoms with Crippen LogP contribution in [0.25, 0.3) is 0 Å². The number of hydrogen-bond acceptors (Lipinski definition) is 2. The van der Waals surface area contributed by atoms with Crippen LogP contribution in [-0.4, -0.2) is 18.4 Å². The lowest BCUT2D eigenvalue weighted by molar-refractivity contribution is -0.120. The molecule has 0 fully saturated rings. The van der Waals surface area contributed by atoms with Gasteiger partial charge in [-0.15, -0.1) is 0 Å². The first-order valence-corrected chi connectivity index (χ1v) is 7.60. The summed E-state index contributed by atoms with van der Waals surface area (Å²) in [5.74, 6) is -0.362. The molecule has 0 aliphatic carbocycles. The van der Waals surface area contributed by atoms with Crippen molar-refractivity contribution in [1.29, 1.82) is 0 Å². The molecule has 0 saturated heterocycles. The van der Waals surface area contributed by atoms with Crippen LogP contribution in [0.1, 0.15) is 23.6 Å². The third kappa shape index (κ3) is 3.97. The summed E-state index contributed by atoms with van der Waals surface area (Å²) in [5.41, 5.74) is 4.51. The van der Waals surface area contributed by atoms with Crippen LogP contribution in [-0.2, 0) is 9.59 Å². The average molecular weight is 310 g/mol. The Morgan fingerprint density at radius 1 is 0.913 bits per heavy atom. The summed E-state index contributed by atoms with van der Waals surface area (Å²) in [7, 11) is 0. The van der Waals surface area contributed by atoms with Gasteiger partial charge in [0.2, 0.25) is 11.8 Å². The molecular formula is C19H22N2O2. The summed E-state index contributed by atoms with van der Waals surface area (Å²) in [5, 5.41) is 2.87. The molecule has 0 radical (unpaired) electrons. The van der Waals surface area contributed by atoms with Crippen molar-refractivity contribution in [1.82, 2.24) is 0 Å². The van der Waals surface area contributed by atoms with Gasteiger partial charge in [0.05, 0.1) is 5.69 Å². The van der Waals surface area contributed by atoms with Crippen LogP contribution in [0.15, 0.2) is 42.5 Å². The van der Waals surface area contributed by atoms with E-state index in [2.05, 4.69) is 5.32 Å². The number of rotatable bonds is 4. The van der Waals surface area contributed by atoms with Crippen molar-refractivity contribution in [3.05, 3.63) is 59.2 Å². The third-order valence-electron chi connectivity index (χ3n) is 3.81. The number of amides is 2. The van der Waals surface area contributed by atoms with Gasteiger partial charge in [-0.25, -0.2) is 0 Å². The number of anilines is 2. The number of carbonyl (C=O) groups is 2. The minimum atomic E-state index is -0.211. The van der Waals surface area contributed by atoms with Gasteiger partial charge in [0.25, 0.3) is 0 Å². The van der Waals surface area contributed by atoms with Gasteiger partial charge in [0.15, 0.2) is 0 Å². The smallest absolute Gasteiger partial charge is 0.244 e. The average Bonchev–Trinajstić information content (AvgIpc) is 2.48. The molecule has 0 aliphatic rings. The van der Waals surface area contributed by atoms with Crippen molar-refractivity contribution in [3.8, 4) is 0 Å². The van der Waals surface area contributed by atoms with Crippen molar-refractivity contribution in [2.24, 2.45) is 0 Å². The number of nitrogens with one attached hydrogen (secondary N) is 1. The quantitative estimate of drug-likeness (QED) is 0.938. The Labute approximate surface area is 137 Å². The van der Waals surface area contributed by atoms with Gasteiger partial charge in [-0.2, -0.15) is 0 Å². The molecule has 2 rings (SSSR count). The normalized spacial score (nSPS) is 10.3. The van der Waals surface area contributed by atoms with Crippen molar-refractivity contribution in [3.63, 3.8) is 0 Å². The third-order valence-corrected chi connectivity index (χ3v) is 3.81. The zero-order chi connectivity index (χ0) is 17.0. The molecule has 2 amide bonds. The van der Waals surface area contributed by atoms with Crippen molar-refractivity contribution in [2.75, 3.05) is 16.8 Å². The summed E-state index contributed by atoms with van der Waals surface area (Å²) in [6.07, 6.45) is 0. The van der Waals surface area contributed by atoms with E-state index in [-0.39, 0.29) is 18.4 Å². The first-order chi connectivity index (χ1) is 10.9. The minimum Gasteiger partial charge on any atom is -0.324 e. The van der Waals surface area contributed by atoms with Crippen LogP contribution in [0.4, 0.5) is 11.4 Å². The maximum absolute atomic E-state index is 12.4. The molecule has 4 heteroatoms. The Morgan fingerprint density at radius 2 is 1.48 bits per heavy atom. The van der Waals surface area contributed by atoms with Crippen molar-refractivity contribution in [2.45, 2.75) is 27.7 Å². The van der Waals surface area contributed by atoms with Gasteiger partial charge < -0.3 is 10.2 Å². The van der Waals surface area contributed by atoms with Crippen LogP contribution in [0.3, 0.4) is 0 Å². The van der Waals surface area contributed by atoms with Gasteiger partial charge in [0, 0.05) is 12.6 Å². The van der Waals surface area contributed by atoms with E-state index in [1.54, 1.807) is 0 Å². The van der Waals surface area contributed by atoms with Crippen LogP contribution < -0.4 is 10.2 Å². The van der Waals surface area contributed by atoms with Crippen LogP contribution >= 0.6 is 0 Å². The lowest BCUT2D eigenvalue weighted by atomic mass is 10.1. The van der Waals surface area contributed by atoms with Gasteiger partial charge in [-0.1, -0.05) is 36.4 Å².